The Morgan fingerprint density at radius 3 is 2.48 bits per heavy atom. The molecule has 0 saturated heterocycles. The molecule has 0 aliphatic carbocycles. The van der Waals surface area contributed by atoms with Crippen LogP contribution in [0.5, 0.6) is 0 Å². The van der Waals surface area contributed by atoms with E-state index in [0.29, 0.717) is 22.0 Å². The highest BCUT2D eigenvalue weighted by molar-refractivity contribution is 7.90. The molecule has 2 aromatic carbocycles. The minimum absolute atomic E-state index is 0.00268. The Morgan fingerprint density at radius 1 is 1.21 bits per heavy atom. The number of hydrogen-bond donors (Lipinski definition) is 1. The quantitative estimate of drug-likeness (QED) is 0.646. The molecule has 3 aromatic rings. The maximum Gasteiger partial charge on any atom is 0.322 e. The molecule has 0 saturated carbocycles. The fraction of sp³-hybridized carbons (Fsp3) is 0.200. The van der Waals surface area contributed by atoms with Gasteiger partial charge in [0.2, 0.25) is 0 Å². The first-order valence-corrected chi connectivity index (χ1v) is 10.9. The van der Waals surface area contributed by atoms with E-state index in [4.69, 9.17) is 11.6 Å². The van der Waals surface area contributed by atoms with Crippen molar-refractivity contribution >= 4 is 43.9 Å². The number of carbonyl (C=O) groups excluding carboxylic acids is 1. The number of nitrogens with one attached hydrogen (secondary N) is 1. The number of aromatic nitrogens is 1. The third-order valence-electron chi connectivity index (χ3n) is 4.66. The van der Waals surface area contributed by atoms with Crippen LogP contribution < -0.4 is 5.32 Å². The van der Waals surface area contributed by atoms with Crippen molar-refractivity contribution in [1.82, 2.24) is 9.88 Å². The van der Waals surface area contributed by atoms with Gasteiger partial charge < -0.3 is 10.2 Å². The molecule has 0 spiro atoms. The number of pyridine rings is 1. The van der Waals surface area contributed by atoms with Gasteiger partial charge in [-0.05, 0) is 30.5 Å². The van der Waals surface area contributed by atoms with Crippen LogP contribution in [0.15, 0.2) is 53.7 Å². The lowest BCUT2D eigenvalue weighted by atomic mass is 10.0. The summed E-state index contributed by atoms with van der Waals surface area (Å²) >= 11 is 5.75. The van der Waals surface area contributed by atoms with Crippen molar-refractivity contribution in [2.75, 3.05) is 18.6 Å². The Morgan fingerprint density at radius 2 is 1.86 bits per heavy atom. The summed E-state index contributed by atoms with van der Waals surface area (Å²) < 4.78 is 37.4. The largest absolute Gasteiger partial charge is 0.322 e. The molecule has 152 valence electrons. The number of amides is 2. The van der Waals surface area contributed by atoms with Gasteiger partial charge in [-0.1, -0.05) is 35.9 Å². The van der Waals surface area contributed by atoms with E-state index in [1.165, 1.54) is 29.3 Å². The lowest BCUT2D eigenvalue weighted by Gasteiger charge is -2.26. The lowest BCUT2D eigenvalue weighted by molar-refractivity contribution is 0.208. The van der Waals surface area contributed by atoms with E-state index >= 15 is 0 Å². The first-order chi connectivity index (χ1) is 13.6. The summed E-state index contributed by atoms with van der Waals surface area (Å²) in [6.45, 7) is 1.81. The SMILES string of the molecule is C[C@H](c1cnc(S(C)(=O)=O)c2ccccc12)N(C)C(=O)Nc1ccc(F)c(Cl)c1. The van der Waals surface area contributed by atoms with Gasteiger partial charge in [0.05, 0.1) is 11.1 Å². The zero-order valence-corrected chi connectivity index (χ0v) is 17.6. The zero-order valence-electron chi connectivity index (χ0n) is 16.0. The minimum Gasteiger partial charge on any atom is -0.321 e. The summed E-state index contributed by atoms with van der Waals surface area (Å²) in [5, 5.41) is 3.76. The summed E-state index contributed by atoms with van der Waals surface area (Å²) in [5.41, 5.74) is 1.05. The van der Waals surface area contributed by atoms with Gasteiger partial charge in [0.25, 0.3) is 0 Å². The van der Waals surface area contributed by atoms with Gasteiger partial charge in [0.15, 0.2) is 14.9 Å². The molecule has 9 heteroatoms. The van der Waals surface area contributed by atoms with Gasteiger partial charge in [-0.2, -0.15) is 0 Å². The highest BCUT2D eigenvalue weighted by atomic mass is 35.5. The van der Waals surface area contributed by atoms with Crippen molar-refractivity contribution in [3.05, 3.63) is 65.1 Å². The molecule has 2 amide bonds. The van der Waals surface area contributed by atoms with E-state index in [-0.39, 0.29) is 10.0 Å². The Labute approximate surface area is 173 Å². The number of benzene rings is 2. The number of halogens is 2. The maximum absolute atomic E-state index is 13.3. The van der Waals surface area contributed by atoms with Crippen LogP contribution in [-0.2, 0) is 9.84 Å². The normalized spacial score (nSPS) is 12.6. The molecule has 1 heterocycles. The molecular formula is C20H19ClFN3O3S. The number of hydrogen-bond acceptors (Lipinski definition) is 4. The van der Waals surface area contributed by atoms with E-state index < -0.39 is 27.7 Å². The summed E-state index contributed by atoms with van der Waals surface area (Å²) in [6, 6.07) is 10.1. The number of anilines is 1. The van der Waals surface area contributed by atoms with E-state index in [0.717, 1.165) is 6.26 Å². The van der Waals surface area contributed by atoms with Crippen LogP contribution in [0.3, 0.4) is 0 Å². The van der Waals surface area contributed by atoms with Gasteiger partial charge >= 0.3 is 6.03 Å². The third-order valence-corrected chi connectivity index (χ3v) is 5.98. The molecule has 6 nitrogen and oxygen atoms in total. The molecular weight excluding hydrogens is 417 g/mol. The molecule has 0 radical (unpaired) electrons. The number of sulfone groups is 1. The molecule has 0 unspecified atom stereocenters. The summed E-state index contributed by atoms with van der Waals surface area (Å²) in [5.74, 6) is -0.574. The van der Waals surface area contributed by atoms with Crippen LogP contribution in [0.4, 0.5) is 14.9 Å². The minimum atomic E-state index is -3.50. The molecule has 0 fully saturated rings. The second kappa shape index (κ2) is 7.96. The molecule has 0 aliphatic heterocycles. The van der Waals surface area contributed by atoms with Crippen molar-refractivity contribution in [1.29, 1.82) is 0 Å². The summed E-state index contributed by atoms with van der Waals surface area (Å²) in [6.07, 6.45) is 2.58. The number of carbonyl (C=O) groups is 1. The van der Waals surface area contributed by atoms with Crippen LogP contribution in [0, 0.1) is 5.82 Å². The Bertz CT molecular complexity index is 1200. The molecule has 0 aliphatic rings. The van der Waals surface area contributed by atoms with E-state index in [1.54, 1.807) is 38.2 Å². The van der Waals surface area contributed by atoms with Crippen molar-refractivity contribution < 1.29 is 17.6 Å². The topological polar surface area (TPSA) is 79.4 Å². The van der Waals surface area contributed by atoms with Gasteiger partial charge in [0.1, 0.15) is 5.82 Å². The van der Waals surface area contributed by atoms with Crippen LogP contribution in [0.25, 0.3) is 10.8 Å². The zero-order chi connectivity index (χ0) is 21.3. The maximum atomic E-state index is 13.3. The van der Waals surface area contributed by atoms with E-state index in [2.05, 4.69) is 10.3 Å². The Balaban J connectivity index is 1.93. The fourth-order valence-electron chi connectivity index (χ4n) is 2.99. The number of fused-ring (bicyclic) bond motifs is 1. The molecule has 1 atom stereocenters. The second-order valence-electron chi connectivity index (χ2n) is 6.68. The van der Waals surface area contributed by atoms with Gasteiger partial charge in [-0.3, -0.25) is 0 Å². The van der Waals surface area contributed by atoms with Gasteiger partial charge in [-0.15, -0.1) is 0 Å². The second-order valence-corrected chi connectivity index (χ2v) is 9.02. The average molecular weight is 436 g/mol. The van der Waals surface area contributed by atoms with Crippen LogP contribution in [0.1, 0.15) is 18.5 Å². The molecule has 1 N–H and O–H groups in total. The summed E-state index contributed by atoms with van der Waals surface area (Å²) in [7, 11) is -1.90. The Kier molecular flexibility index (Phi) is 5.77. The fourth-order valence-corrected chi connectivity index (χ4v) is 3.99. The highest BCUT2D eigenvalue weighted by Crippen LogP contribution is 2.30. The predicted molar refractivity (Wildman–Crippen MR) is 111 cm³/mol. The highest BCUT2D eigenvalue weighted by Gasteiger charge is 2.23. The van der Waals surface area contributed by atoms with Crippen LogP contribution in [-0.4, -0.2) is 37.6 Å². The monoisotopic (exact) mass is 435 g/mol. The van der Waals surface area contributed by atoms with Crippen molar-refractivity contribution in [3.8, 4) is 0 Å². The number of urea groups is 1. The lowest BCUT2D eigenvalue weighted by Crippen LogP contribution is -2.33. The predicted octanol–water partition coefficient (Wildman–Crippen LogP) is 4.66. The standard InChI is InChI=1S/C20H19ClFN3O3S/c1-12(25(2)20(26)24-13-8-9-18(22)17(21)10-13)16-11-23-19(29(3,27)28)15-7-5-4-6-14(15)16/h4-12H,1-3H3,(H,24,26)/t12-/m1/s1. The summed E-state index contributed by atoms with van der Waals surface area (Å²) in [4.78, 5) is 18.2. The Hall–Kier alpha value is -2.71. The van der Waals surface area contributed by atoms with Crippen molar-refractivity contribution in [2.24, 2.45) is 0 Å². The van der Waals surface area contributed by atoms with Crippen molar-refractivity contribution in [2.45, 2.75) is 18.0 Å². The first-order valence-electron chi connectivity index (χ1n) is 8.66. The van der Waals surface area contributed by atoms with E-state index in [1.807, 2.05) is 0 Å². The van der Waals surface area contributed by atoms with Gasteiger partial charge in [0, 0.05) is 36.1 Å². The van der Waals surface area contributed by atoms with Gasteiger partial charge in [-0.25, -0.2) is 22.6 Å². The smallest absolute Gasteiger partial charge is 0.321 e. The van der Waals surface area contributed by atoms with E-state index in [9.17, 15) is 17.6 Å². The molecule has 29 heavy (non-hydrogen) atoms. The molecule has 0 bridgehead atoms. The van der Waals surface area contributed by atoms with Crippen LogP contribution >= 0.6 is 11.6 Å². The number of rotatable bonds is 4. The molecule has 1 aromatic heterocycles. The molecule has 3 rings (SSSR count). The first kappa shape index (κ1) is 21.0. The van der Waals surface area contributed by atoms with Crippen LogP contribution in [0.2, 0.25) is 5.02 Å². The average Bonchev–Trinajstić information content (AvgIpc) is 2.68. The number of nitrogens with zero attached hydrogens (tertiary/aromatic N) is 2. The van der Waals surface area contributed by atoms with Crippen molar-refractivity contribution in [3.63, 3.8) is 0 Å². The third kappa shape index (κ3) is 4.33.